The van der Waals surface area contributed by atoms with Gasteiger partial charge in [-0.05, 0) is 31.2 Å². The van der Waals surface area contributed by atoms with E-state index >= 15 is 0 Å². The van der Waals surface area contributed by atoms with Crippen molar-refractivity contribution in [2.24, 2.45) is 0 Å². The van der Waals surface area contributed by atoms with E-state index in [9.17, 15) is 9.18 Å². The number of benzene rings is 2. The molecule has 0 aromatic heterocycles. The summed E-state index contributed by atoms with van der Waals surface area (Å²) in [6.07, 6.45) is -0.878. The molecule has 0 heterocycles. The predicted octanol–water partition coefficient (Wildman–Crippen LogP) is 3.11. The summed E-state index contributed by atoms with van der Waals surface area (Å²) in [5.41, 5.74) is 0.498. The molecule has 0 aliphatic carbocycles. The summed E-state index contributed by atoms with van der Waals surface area (Å²) in [6.45, 7) is 1.54. The Hall–Kier alpha value is -3.07. The average molecular weight is 314 g/mol. The van der Waals surface area contributed by atoms with Crippen LogP contribution in [0.4, 0.5) is 10.1 Å². The van der Waals surface area contributed by atoms with E-state index in [1.165, 1.54) is 38.3 Å². The molecule has 2 aromatic carbocycles. The van der Waals surface area contributed by atoms with Crippen LogP contribution in [0.5, 0.6) is 11.5 Å². The zero-order valence-corrected chi connectivity index (χ0v) is 12.7. The number of ether oxygens (including phenoxy) is 2. The normalized spacial score (nSPS) is 11.2. The SMILES string of the molecule is COc1cc(C#N)ccc1O[C@@H](C)C(=O)Nc1ccccc1F. The number of halogens is 1. The minimum Gasteiger partial charge on any atom is -0.493 e. The van der Waals surface area contributed by atoms with Crippen LogP contribution in [0.1, 0.15) is 12.5 Å². The van der Waals surface area contributed by atoms with Crippen molar-refractivity contribution in [1.82, 2.24) is 0 Å². The van der Waals surface area contributed by atoms with Crippen molar-refractivity contribution in [3.05, 3.63) is 53.8 Å². The standard InChI is InChI=1S/C17H15FN2O3/c1-11(17(21)20-14-6-4-3-5-13(14)18)23-15-8-7-12(10-19)9-16(15)22-2/h3-9,11H,1-2H3,(H,20,21)/t11-/m0/s1. The molecule has 1 atom stereocenters. The lowest BCUT2D eigenvalue weighted by Crippen LogP contribution is -2.30. The molecular formula is C17H15FN2O3. The molecule has 0 bridgehead atoms. The molecule has 2 rings (SSSR count). The van der Waals surface area contributed by atoms with E-state index in [2.05, 4.69) is 5.32 Å². The fourth-order valence-electron chi connectivity index (χ4n) is 1.88. The van der Waals surface area contributed by atoms with E-state index in [1.54, 1.807) is 18.2 Å². The Morgan fingerprint density at radius 3 is 2.65 bits per heavy atom. The number of nitriles is 1. The average Bonchev–Trinajstić information content (AvgIpc) is 2.57. The number of hydrogen-bond acceptors (Lipinski definition) is 4. The largest absolute Gasteiger partial charge is 0.493 e. The predicted molar refractivity (Wildman–Crippen MR) is 82.8 cm³/mol. The molecule has 2 aromatic rings. The molecule has 118 valence electrons. The first-order chi connectivity index (χ1) is 11.0. The Balaban J connectivity index is 2.10. The number of anilines is 1. The van der Waals surface area contributed by atoms with Crippen LogP contribution in [-0.2, 0) is 4.79 Å². The maximum Gasteiger partial charge on any atom is 0.265 e. The molecule has 0 aliphatic rings. The van der Waals surface area contributed by atoms with Gasteiger partial charge in [-0.3, -0.25) is 4.79 Å². The first kappa shape index (κ1) is 16.3. The molecule has 0 fully saturated rings. The second-order valence-electron chi connectivity index (χ2n) is 4.71. The smallest absolute Gasteiger partial charge is 0.265 e. The Labute approximate surface area is 133 Å². The van der Waals surface area contributed by atoms with Gasteiger partial charge in [0.05, 0.1) is 24.4 Å². The molecule has 0 unspecified atom stereocenters. The van der Waals surface area contributed by atoms with Gasteiger partial charge in [-0.2, -0.15) is 5.26 Å². The van der Waals surface area contributed by atoms with Gasteiger partial charge in [-0.1, -0.05) is 12.1 Å². The number of methoxy groups -OCH3 is 1. The second-order valence-corrected chi connectivity index (χ2v) is 4.71. The topological polar surface area (TPSA) is 71.3 Å². The van der Waals surface area contributed by atoms with Crippen LogP contribution in [0.25, 0.3) is 0 Å². The fraction of sp³-hybridized carbons (Fsp3) is 0.176. The van der Waals surface area contributed by atoms with E-state index in [0.29, 0.717) is 17.1 Å². The third kappa shape index (κ3) is 3.98. The lowest BCUT2D eigenvalue weighted by Gasteiger charge is -2.17. The highest BCUT2D eigenvalue weighted by Gasteiger charge is 2.18. The molecule has 5 nitrogen and oxygen atoms in total. The lowest BCUT2D eigenvalue weighted by molar-refractivity contribution is -0.122. The van der Waals surface area contributed by atoms with Gasteiger partial charge in [0, 0.05) is 6.07 Å². The summed E-state index contributed by atoms with van der Waals surface area (Å²) >= 11 is 0. The van der Waals surface area contributed by atoms with Crippen molar-refractivity contribution >= 4 is 11.6 Å². The molecule has 0 saturated heterocycles. The molecule has 0 spiro atoms. The number of amides is 1. The summed E-state index contributed by atoms with van der Waals surface area (Å²) in [5, 5.41) is 11.3. The summed E-state index contributed by atoms with van der Waals surface area (Å²) in [7, 11) is 1.44. The lowest BCUT2D eigenvalue weighted by atomic mass is 10.2. The minimum absolute atomic E-state index is 0.0831. The van der Waals surface area contributed by atoms with Gasteiger partial charge in [-0.25, -0.2) is 4.39 Å². The molecular weight excluding hydrogens is 299 g/mol. The second kappa shape index (κ2) is 7.27. The fourth-order valence-corrected chi connectivity index (χ4v) is 1.88. The van der Waals surface area contributed by atoms with E-state index in [1.807, 2.05) is 6.07 Å². The van der Waals surface area contributed by atoms with Crippen LogP contribution in [0.3, 0.4) is 0 Å². The highest BCUT2D eigenvalue weighted by molar-refractivity contribution is 5.94. The van der Waals surface area contributed by atoms with Gasteiger partial charge < -0.3 is 14.8 Å². The maximum atomic E-state index is 13.5. The maximum absolute atomic E-state index is 13.5. The van der Waals surface area contributed by atoms with E-state index < -0.39 is 17.8 Å². The van der Waals surface area contributed by atoms with Crippen molar-refractivity contribution in [2.75, 3.05) is 12.4 Å². The molecule has 1 amide bonds. The molecule has 0 radical (unpaired) electrons. The number of hydrogen-bond donors (Lipinski definition) is 1. The Bertz CT molecular complexity index is 756. The number of carbonyl (C=O) groups is 1. The first-order valence-corrected chi connectivity index (χ1v) is 6.85. The number of carbonyl (C=O) groups excluding carboxylic acids is 1. The van der Waals surface area contributed by atoms with E-state index in [0.717, 1.165) is 0 Å². The number of nitrogens with zero attached hydrogens (tertiary/aromatic N) is 1. The van der Waals surface area contributed by atoms with Gasteiger partial charge in [0.2, 0.25) is 0 Å². The molecule has 6 heteroatoms. The summed E-state index contributed by atoms with van der Waals surface area (Å²) in [5.74, 6) is -0.359. The molecule has 0 aliphatic heterocycles. The highest BCUT2D eigenvalue weighted by atomic mass is 19.1. The summed E-state index contributed by atoms with van der Waals surface area (Å²) < 4.78 is 24.2. The van der Waals surface area contributed by atoms with Crippen LogP contribution in [-0.4, -0.2) is 19.1 Å². The number of para-hydroxylation sites is 1. The van der Waals surface area contributed by atoms with E-state index in [-0.39, 0.29) is 5.69 Å². The third-order valence-corrected chi connectivity index (χ3v) is 3.10. The van der Waals surface area contributed by atoms with Crippen LogP contribution >= 0.6 is 0 Å². The quantitative estimate of drug-likeness (QED) is 0.920. The summed E-state index contributed by atoms with van der Waals surface area (Å²) in [6, 6.07) is 12.5. The Kier molecular flexibility index (Phi) is 5.15. The third-order valence-electron chi connectivity index (χ3n) is 3.10. The number of rotatable bonds is 5. The Morgan fingerprint density at radius 2 is 2.00 bits per heavy atom. The molecule has 0 saturated carbocycles. The van der Waals surface area contributed by atoms with Gasteiger partial charge in [-0.15, -0.1) is 0 Å². The van der Waals surface area contributed by atoms with Crippen LogP contribution in [0.15, 0.2) is 42.5 Å². The van der Waals surface area contributed by atoms with Crippen LogP contribution < -0.4 is 14.8 Å². The monoisotopic (exact) mass is 314 g/mol. The van der Waals surface area contributed by atoms with Crippen LogP contribution in [0.2, 0.25) is 0 Å². The highest BCUT2D eigenvalue weighted by Crippen LogP contribution is 2.29. The first-order valence-electron chi connectivity index (χ1n) is 6.85. The van der Waals surface area contributed by atoms with Gasteiger partial charge in [0.1, 0.15) is 5.82 Å². The van der Waals surface area contributed by atoms with Crippen molar-refractivity contribution in [1.29, 1.82) is 5.26 Å². The van der Waals surface area contributed by atoms with Gasteiger partial charge in [0.25, 0.3) is 5.91 Å². The van der Waals surface area contributed by atoms with Crippen LogP contribution in [0, 0.1) is 17.1 Å². The van der Waals surface area contributed by atoms with Crippen molar-refractivity contribution in [2.45, 2.75) is 13.0 Å². The van der Waals surface area contributed by atoms with Crippen molar-refractivity contribution < 1.29 is 18.7 Å². The zero-order chi connectivity index (χ0) is 16.8. The van der Waals surface area contributed by atoms with Crippen molar-refractivity contribution in [3.8, 4) is 17.6 Å². The number of nitrogens with one attached hydrogen (secondary N) is 1. The van der Waals surface area contributed by atoms with Crippen molar-refractivity contribution in [3.63, 3.8) is 0 Å². The zero-order valence-electron chi connectivity index (χ0n) is 12.7. The Morgan fingerprint density at radius 1 is 1.26 bits per heavy atom. The van der Waals surface area contributed by atoms with E-state index in [4.69, 9.17) is 14.7 Å². The molecule has 23 heavy (non-hydrogen) atoms. The summed E-state index contributed by atoms with van der Waals surface area (Å²) in [4.78, 5) is 12.1. The minimum atomic E-state index is -0.878. The van der Waals surface area contributed by atoms with Gasteiger partial charge in [0.15, 0.2) is 17.6 Å². The molecule has 1 N–H and O–H groups in total. The van der Waals surface area contributed by atoms with Gasteiger partial charge >= 0.3 is 0 Å².